The monoisotopic (exact) mass is 285 g/mol. The molecule has 112 valence electrons. The molecule has 3 heteroatoms. The molecule has 0 aromatic heterocycles. The van der Waals surface area contributed by atoms with Gasteiger partial charge in [0.15, 0.2) is 0 Å². The minimum absolute atomic E-state index is 0.0351. The van der Waals surface area contributed by atoms with E-state index in [4.69, 9.17) is 4.74 Å². The summed E-state index contributed by atoms with van der Waals surface area (Å²) in [6, 6.07) is 15.9. The van der Waals surface area contributed by atoms with Crippen molar-refractivity contribution >= 4 is 0 Å². The number of phenolic OH excluding ortho intramolecular Hbond substituents is 1. The third-order valence-electron chi connectivity index (χ3n) is 3.75. The lowest BCUT2D eigenvalue weighted by molar-refractivity contribution is 0.402. The summed E-state index contributed by atoms with van der Waals surface area (Å²) in [5, 5.41) is 13.9. The highest BCUT2D eigenvalue weighted by atomic mass is 16.5. The first kappa shape index (κ1) is 15.4. The molecule has 2 atom stereocenters. The number of rotatable bonds is 6. The number of methoxy groups -OCH3 is 1. The minimum Gasteiger partial charge on any atom is -0.507 e. The summed E-state index contributed by atoms with van der Waals surface area (Å²) in [4.78, 5) is 0. The SMILES string of the molecule is CCC(C)NC(c1ccccc1)c1ccc(OC)cc1O. The highest BCUT2D eigenvalue weighted by molar-refractivity contribution is 5.45. The Labute approximate surface area is 126 Å². The largest absolute Gasteiger partial charge is 0.507 e. The van der Waals surface area contributed by atoms with Crippen molar-refractivity contribution in [1.29, 1.82) is 0 Å². The summed E-state index contributed by atoms with van der Waals surface area (Å²) in [7, 11) is 1.60. The van der Waals surface area contributed by atoms with E-state index in [1.807, 2.05) is 30.3 Å². The van der Waals surface area contributed by atoms with E-state index in [0.717, 1.165) is 17.5 Å². The lowest BCUT2D eigenvalue weighted by atomic mass is 9.96. The predicted molar refractivity (Wildman–Crippen MR) is 85.8 cm³/mol. The second-order valence-corrected chi connectivity index (χ2v) is 5.24. The zero-order valence-corrected chi connectivity index (χ0v) is 12.8. The molecular formula is C18H23NO2. The van der Waals surface area contributed by atoms with Crippen LogP contribution in [0.5, 0.6) is 11.5 Å². The van der Waals surface area contributed by atoms with E-state index in [2.05, 4.69) is 31.3 Å². The lowest BCUT2D eigenvalue weighted by Crippen LogP contribution is -2.30. The van der Waals surface area contributed by atoms with Crippen LogP contribution < -0.4 is 10.1 Å². The van der Waals surface area contributed by atoms with Crippen molar-refractivity contribution in [3.8, 4) is 11.5 Å². The first-order valence-electron chi connectivity index (χ1n) is 7.33. The molecule has 2 aromatic rings. The van der Waals surface area contributed by atoms with Crippen LogP contribution in [0.4, 0.5) is 0 Å². The zero-order valence-electron chi connectivity index (χ0n) is 12.8. The van der Waals surface area contributed by atoms with Gasteiger partial charge in [0.05, 0.1) is 13.2 Å². The molecule has 2 unspecified atom stereocenters. The van der Waals surface area contributed by atoms with Gasteiger partial charge in [-0.25, -0.2) is 0 Å². The van der Waals surface area contributed by atoms with E-state index in [0.29, 0.717) is 11.8 Å². The summed E-state index contributed by atoms with van der Waals surface area (Å²) in [5.41, 5.74) is 2.00. The quantitative estimate of drug-likeness (QED) is 0.846. The number of nitrogens with one attached hydrogen (secondary N) is 1. The van der Waals surface area contributed by atoms with Gasteiger partial charge in [-0.3, -0.25) is 0 Å². The molecule has 2 aromatic carbocycles. The third-order valence-corrected chi connectivity index (χ3v) is 3.75. The van der Waals surface area contributed by atoms with Gasteiger partial charge in [-0.05, 0) is 31.0 Å². The normalized spacial score (nSPS) is 13.7. The van der Waals surface area contributed by atoms with Gasteiger partial charge >= 0.3 is 0 Å². The van der Waals surface area contributed by atoms with Gasteiger partial charge in [0.1, 0.15) is 11.5 Å². The molecule has 2 rings (SSSR count). The Morgan fingerprint density at radius 1 is 1.14 bits per heavy atom. The second kappa shape index (κ2) is 7.14. The smallest absolute Gasteiger partial charge is 0.124 e. The maximum atomic E-state index is 10.3. The number of hydrogen-bond acceptors (Lipinski definition) is 3. The molecule has 0 bridgehead atoms. The molecular weight excluding hydrogens is 262 g/mol. The molecule has 0 fully saturated rings. The molecule has 0 aliphatic carbocycles. The topological polar surface area (TPSA) is 41.5 Å². The molecule has 2 N–H and O–H groups in total. The van der Waals surface area contributed by atoms with E-state index in [-0.39, 0.29) is 11.8 Å². The second-order valence-electron chi connectivity index (χ2n) is 5.24. The van der Waals surface area contributed by atoms with Crippen molar-refractivity contribution in [2.75, 3.05) is 7.11 Å². The Hall–Kier alpha value is -2.00. The summed E-state index contributed by atoms with van der Waals surface area (Å²) >= 11 is 0. The molecule has 21 heavy (non-hydrogen) atoms. The van der Waals surface area contributed by atoms with E-state index in [1.165, 1.54) is 0 Å². The molecule has 0 amide bonds. The van der Waals surface area contributed by atoms with Crippen molar-refractivity contribution in [1.82, 2.24) is 5.32 Å². The zero-order chi connectivity index (χ0) is 15.2. The lowest BCUT2D eigenvalue weighted by Gasteiger charge is -2.24. The van der Waals surface area contributed by atoms with Crippen LogP contribution in [0.15, 0.2) is 48.5 Å². The van der Waals surface area contributed by atoms with Crippen molar-refractivity contribution in [3.63, 3.8) is 0 Å². The van der Waals surface area contributed by atoms with Crippen LogP contribution in [-0.4, -0.2) is 18.3 Å². The summed E-state index contributed by atoms with van der Waals surface area (Å²) in [6.45, 7) is 4.30. The Morgan fingerprint density at radius 2 is 1.86 bits per heavy atom. The van der Waals surface area contributed by atoms with Crippen molar-refractivity contribution in [2.45, 2.75) is 32.4 Å². The average Bonchev–Trinajstić information content (AvgIpc) is 2.53. The van der Waals surface area contributed by atoms with Gasteiger partial charge in [0.25, 0.3) is 0 Å². The van der Waals surface area contributed by atoms with Crippen LogP contribution in [0.3, 0.4) is 0 Å². The van der Waals surface area contributed by atoms with Crippen molar-refractivity contribution in [2.24, 2.45) is 0 Å². The molecule has 0 saturated carbocycles. The molecule has 0 aliphatic heterocycles. The number of ether oxygens (including phenoxy) is 1. The molecule has 0 radical (unpaired) electrons. The van der Waals surface area contributed by atoms with Crippen LogP contribution in [0.25, 0.3) is 0 Å². The number of benzene rings is 2. The van der Waals surface area contributed by atoms with Gasteiger partial charge < -0.3 is 15.2 Å². The first-order chi connectivity index (χ1) is 10.2. The van der Waals surface area contributed by atoms with E-state index >= 15 is 0 Å². The Kier molecular flexibility index (Phi) is 5.23. The fraction of sp³-hybridized carbons (Fsp3) is 0.333. The van der Waals surface area contributed by atoms with Crippen LogP contribution in [0.2, 0.25) is 0 Å². The van der Waals surface area contributed by atoms with Gasteiger partial charge in [-0.2, -0.15) is 0 Å². The maximum Gasteiger partial charge on any atom is 0.124 e. The Bertz CT molecular complexity index is 569. The predicted octanol–water partition coefficient (Wildman–Crippen LogP) is 3.88. The van der Waals surface area contributed by atoms with E-state index in [9.17, 15) is 5.11 Å². The van der Waals surface area contributed by atoms with Crippen LogP contribution in [-0.2, 0) is 0 Å². The molecule has 0 heterocycles. The van der Waals surface area contributed by atoms with Crippen molar-refractivity contribution in [3.05, 3.63) is 59.7 Å². The van der Waals surface area contributed by atoms with Gasteiger partial charge in [0, 0.05) is 17.7 Å². The van der Waals surface area contributed by atoms with E-state index in [1.54, 1.807) is 13.2 Å². The highest BCUT2D eigenvalue weighted by Gasteiger charge is 2.19. The van der Waals surface area contributed by atoms with E-state index < -0.39 is 0 Å². The minimum atomic E-state index is -0.0351. The molecule has 0 spiro atoms. The molecule has 0 aliphatic rings. The van der Waals surface area contributed by atoms with Gasteiger partial charge in [-0.1, -0.05) is 37.3 Å². The first-order valence-corrected chi connectivity index (χ1v) is 7.33. The summed E-state index contributed by atoms with van der Waals surface area (Å²) in [6.07, 6.45) is 1.03. The van der Waals surface area contributed by atoms with Gasteiger partial charge in [-0.15, -0.1) is 0 Å². The molecule has 0 saturated heterocycles. The molecule has 3 nitrogen and oxygen atoms in total. The number of aromatic hydroxyl groups is 1. The standard InChI is InChI=1S/C18H23NO2/c1-4-13(2)19-18(14-8-6-5-7-9-14)16-11-10-15(21-3)12-17(16)20/h5-13,18-20H,4H2,1-3H3. The fourth-order valence-corrected chi connectivity index (χ4v) is 2.31. The number of phenols is 1. The summed E-state index contributed by atoms with van der Waals surface area (Å²) in [5.74, 6) is 0.908. The maximum absolute atomic E-state index is 10.3. The van der Waals surface area contributed by atoms with Crippen molar-refractivity contribution < 1.29 is 9.84 Å². The summed E-state index contributed by atoms with van der Waals surface area (Å²) < 4.78 is 5.16. The van der Waals surface area contributed by atoms with Gasteiger partial charge in [0.2, 0.25) is 0 Å². The number of hydrogen-bond donors (Lipinski definition) is 2. The van der Waals surface area contributed by atoms with Crippen LogP contribution >= 0.6 is 0 Å². The fourth-order valence-electron chi connectivity index (χ4n) is 2.31. The Morgan fingerprint density at radius 3 is 2.43 bits per heavy atom. The Balaban J connectivity index is 2.40. The average molecular weight is 285 g/mol. The highest BCUT2D eigenvalue weighted by Crippen LogP contribution is 2.32. The van der Waals surface area contributed by atoms with Crippen LogP contribution in [0, 0.1) is 0 Å². The van der Waals surface area contributed by atoms with Crippen LogP contribution in [0.1, 0.15) is 37.4 Å². The third kappa shape index (κ3) is 3.76.